The van der Waals surface area contributed by atoms with Crippen LogP contribution in [0.25, 0.3) is 6.08 Å². The second-order valence-corrected chi connectivity index (χ2v) is 9.02. The first-order chi connectivity index (χ1) is 17.3. The fourth-order valence-corrected chi connectivity index (χ4v) is 4.37. The van der Waals surface area contributed by atoms with Crippen molar-refractivity contribution < 1.29 is 33.4 Å². The maximum absolute atomic E-state index is 13.0. The molecule has 1 N–H and O–H groups in total. The number of carboxylic acid groups (broad SMARTS) is 1. The van der Waals surface area contributed by atoms with Crippen LogP contribution in [0.2, 0.25) is 5.02 Å². The van der Waals surface area contributed by atoms with Crippen molar-refractivity contribution in [3.63, 3.8) is 0 Å². The monoisotopic (exact) mass is 527 g/mol. The first-order valence-corrected chi connectivity index (χ1v) is 11.9. The van der Waals surface area contributed by atoms with E-state index in [4.69, 9.17) is 26.2 Å². The minimum atomic E-state index is -1.00. The molecule has 184 valence electrons. The molecular formula is C26H19ClFNO6S. The second-order valence-electron chi connectivity index (χ2n) is 7.62. The lowest BCUT2D eigenvalue weighted by Crippen LogP contribution is -2.32. The number of rotatable bonds is 9. The molecule has 0 atom stereocenters. The van der Waals surface area contributed by atoms with E-state index in [-0.39, 0.29) is 36.0 Å². The van der Waals surface area contributed by atoms with Crippen molar-refractivity contribution in [1.29, 1.82) is 0 Å². The Balaban J connectivity index is 1.34. The zero-order valence-corrected chi connectivity index (χ0v) is 20.2. The normalized spacial score (nSPS) is 14.4. The number of amides is 2. The van der Waals surface area contributed by atoms with E-state index in [1.54, 1.807) is 36.4 Å². The van der Waals surface area contributed by atoms with Crippen molar-refractivity contribution >= 4 is 46.6 Å². The standard InChI is InChI=1S/C26H19ClFNO6S/c27-21-13-17(3-10-22(21)35-15-16-1-4-18(5-2-16)25(31)32)14-23-24(30)29(26(33)36-23)11-12-34-20-8-6-19(28)7-9-20/h1-10,13-14H,11-12,15H2,(H,31,32)/b23-14-. The Bertz CT molecular complexity index is 1330. The Morgan fingerprint density at radius 2 is 1.75 bits per heavy atom. The van der Waals surface area contributed by atoms with Crippen molar-refractivity contribution in [2.45, 2.75) is 6.61 Å². The molecule has 0 bridgehead atoms. The summed E-state index contributed by atoms with van der Waals surface area (Å²) >= 11 is 7.16. The van der Waals surface area contributed by atoms with Crippen molar-refractivity contribution in [3.8, 4) is 11.5 Å². The van der Waals surface area contributed by atoms with Crippen LogP contribution in [0.1, 0.15) is 21.5 Å². The van der Waals surface area contributed by atoms with E-state index >= 15 is 0 Å². The average Bonchev–Trinajstić information content (AvgIpc) is 3.12. The van der Waals surface area contributed by atoms with E-state index < -0.39 is 17.1 Å². The van der Waals surface area contributed by atoms with Gasteiger partial charge in [-0.1, -0.05) is 29.8 Å². The molecule has 0 spiro atoms. The number of carbonyl (C=O) groups is 3. The number of nitrogens with zero attached hydrogens (tertiary/aromatic N) is 1. The fraction of sp³-hybridized carbons (Fsp3) is 0.115. The lowest BCUT2D eigenvalue weighted by molar-refractivity contribution is -0.123. The highest BCUT2D eigenvalue weighted by atomic mass is 35.5. The maximum atomic E-state index is 13.0. The van der Waals surface area contributed by atoms with Crippen molar-refractivity contribution in [3.05, 3.63) is 99.2 Å². The van der Waals surface area contributed by atoms with Gasteiger partial charge in [-0.05, 0) is 77.5 Å². The summed E-state index contributed by atoms with van der Waals surface area (Å²) in [5.74, 6) is -0.966. The highest BCUT2D eigenvalue weighted by molar-refractivity contribution is 8.18. The largest absolute Gasteiger partial charge is 0.492 e. The topological polar surface area (TPSA) is 93.1 Å². The molecule has 1 heterocycles. The Hall–Kier alpha value is -3.82. The van der Waals surface area contributed by atoms with E-state index in [1.807, 2.05) is 0 Å². The molecule has 7 nitrogen and oxygen atoms in total. The number of aromatic carboxylic acids is 1. The molecule has 36 heavy (non-hydrogen) atoms. The zero-order chi connectivity index (χ0) is 25.7. The van der Waals surface area contributed by atoms with Gasteiger partial charge in [0.25, 0.3) is 11.1 Å². The number of imide groups is 1. The van der Waals surface area contributed by atoms with Gasteiger partial charge in [0.1, 0.15) is 30.5 Å². The number of hydrogen-bond acceptors (Lipinski definition) is 6. The SMILES string of the molecule is O=C(O)c1ccc(COc2ccc(/C=C3\SC(=O)N(CCOc4ccc(F)cc4)C3=O)cc2Cl)cc1. The van der Waals surface area contributed by atoms with Crippen molar-refractivity contribution in [2.75, 3.05) is 13.2 Å². The molecule has 3 aromatic carbocycles. The van der Waals surface area contributed by atoms with E-state index in [0.717, 1.165) is 22.2 Å². The third kappa shape index (κ3) is 6.24. The van der Waals surface area contributed by atoms with Crippen LogP contribution in [0, 0.1) is 5.82 Å². The number of thioether (sulfide) groups is 1. The van der Waals surface area contributed by atoms with Gasteiger partial charge in [-0.25, -0.2) is 9.18 Å². The molecule has 0 aliphatic carbocycles. The Morgan fingerprint density at radius 3 is 2.42 bits per heavy atom. The van der Waals surface area contributed by atoms with Gasteiger partial charge < -0.3 is 14.6 Å². The summed E-state index contributed by atoms with van der Waals surface area (Å²) < 4.78 is 24.2. The molecule has 4 rings (SSSR count). The van der Waals surface area contributed by atoms with Gasteiger partial charge in [0.15, 0.2) is 0 Å². The van der Waals surface area contributed by atoms with Crippen LogP contribution in [0.3, 0.4) is 0 Å². The second kappa shape index (κ2) is 11.3. The predicted octanol–water partition coefficient (Wildman–Crippen LogP) is 5.87. The summed E-state index contributed by atoms with van der Waals surface area (Å²) in [5.41, 5.74) is 1.58. The first-order valence-electron chi connectivity index (χ1n) is 10.7. The van der Waals surface area contributed by atoms with E-state index in [0.29, 0.717) is 22.1 Å². The summed E-state index contributed by atoms with van der Waals surface area (Å²) in [6.07, 6.45) is 1.58. The third-order valence-electron chi connectivity index (χ3n) is 5.12. The minimum Gasteiger partial charge on any atom is -0.492 e. The highest BCUT2D eigenvalue weighted by Gasteiger charge is 2.34. The lowest BCUT2D eigenvalue weighted by Gasteiger charge is -2.13. The van der Waals surface area contributed by atoms with Crippen molar-refractivity contribution in [1.82, 2.24) is 4.90 Å². The summed E-state index contributed by atoms with van der Waals surface area (Å²) in [4.78, 5) is 37.3. The third-order valence-corrected chi connectivity index (χ3v) is 6.32. The summed E-state index contributed by atoms with van der Waals surface area (Å²) in [5, 5.41) is 8.88. The predicted molar refractivity (Wildman–Crippen MR) is 134 cm³/mol. The maximum Gasteiger partial charge on any atom is 0.335 e. The van der Waals surface area contributed by atoms with Crippen LogP contribution in [-0.2, 0) is 11.4 Å². The smallest absolute Gasteiger partial charge is 0.335 e. The molecule has 1 saturated heterocycles. The minimum absolute atomic E-state index is 0.0559. The Morgan fingerprint density at radius 1 is 1.03 bits per heavy atom. The van der Waals surface area contributed by atoms with Crippen LogP contribution in [0.15, 0.2) is 71.6 Å². The summed E-state index contributed by atoms with van der Waals surface area (Å²) in [7, 11) is 0. The van der Waals surface area contributed by atoms with Gasteiger partial charge in [0.05, 0.1) is 22.0 Å². The molecule has 1 aliphatic rings. The molecule has 0 unspecified atom stereocenters. The first kappa shape index (κ1) is 25.3. The van der Waals surface area contributed by atoms with Gasteiger partial charge in [0, 0.05) is 0 Å². The van der Waals surface area contributed by atoms with Gasteiger partial charge in [-0.2, -0.15) is 0 Å². The van der Waals surface area contributed by atoms with Crippen molar-refractivity contribution in [2.24, 2.45) is 0 Å². The number of halogens is 2. The van der Waals surface area contributed by atoms with Gasteiger partial charge in [-0.15, -0.1) is 0 Å². The molecule has 2 amide bonds. The van der Waals surface area contributed by atoms with E-state index in [9.17, 15) is 18.8 Å². The van der Waals surface area contributed by atoms with E-state index in [2.05, 4.69) is 0 Å². The fourth-order valence-electron chi connectivity index (χ4n) is 3.26. The van der Waals surface area contributed by atoms with E-state index in [1.165, 1.54) is 36.4 Å². The molecule has 3 aromatic rings. The molecule has 10 heteroatoms. The van der Waals surface area contributed by atoms with Crippen LogP contribution in [-0.4, -0.2) is 40.3 Å². The molecular weight excluding hydrogens is 509 g/mol. The lowest BCUT2D eigenvalue weighted by atomic mass is 10.1. The highest BCUT2D eigenvalue weighted by Crippen LogP contribution is 2.34. The molecule has 0 saturated carbocycles. The average molecular weight is 528 g/mol. The van der Waals surface area contributed by atoms with Crippen LogP contribution in [0.5, 0.6) is 11.5 Å². The van der Waals surface area contributed by atoms with Gasteiger partial charge >= 0.3 is 5.97 Å². The quantitative estimate of drug-likeness (QED) is 0.348. The summed E-state index contributed by atoms with van der Waals surface area (Å²) in [6, 6.07) is 16.7. The zero-order valence-electron chi connectivity index (χ0n) is 18.6. The van der Waals surface area contributed by atoms with Crippen LogP contribution < -0.4 is 9.47 Å². The molecule has 0 radical (unpaired) electrons. The number of ether oxygens (including phenoxy) is 2. The summed E-state index contributed by atoms with van der Waals surface area (Å²) in [6.45, 7) is 0.325. The van der Waals surface area contributed by atoms with Crippen LogP contribution in [0.4, 0.5) is 9.18 Å². The Kier molecular flexibility index (Phi) is 7.92. The molecule has 0 aromatic heterocycles. The number of carbonyl (C=O) groups excluding carboxylic acids is 2. The number of hydrogen-bond donors (Lipinski definition) is 1. The number of benzene rings is 3. The van der Waals surface area contributed by atoms with Crippen LogP contribution >= 0.6 is 23.4 Å². The van der Waals surface area contributed by atoms with Gasteiger partial charge in [0.2, 0.25) is 0 Å². The van der Waals surface area contributed by atoms with Gasteiger partial charge in [-0.3, -0.25) is 14.5 Å². The molecule has 1 aliphatic heterocycles. The number of carboxylic acids is 1. The Labute approximate surface area is 215 Å². The molecule has 1 fully saturated rings.